The number of hydrogen-bond acceptors (Lipinski definition) is 5. The first-order chi connectivity index (χ1) is 16.1. The van der Waals surface area contributed by atoms with Gasteiger partial charge >= 0.3 is 181 Å². The van der Waals surface area contributed by atoms with E-state index in [1.807, 2.05) is 26.1 Å². The first-order valence-corrected chi connectivity index (χ1v) is 15.0. The molecule has 0 saturated heterocycles. The summed E-state index contributed by atoms with van der Waals surface area (Å²) in [5, 5.41) is 9.38. The van der Waals surface area contributed by atoms with Crippen LogP contribution in [0.1, 0.15) is 61.4 Å². The van der Waals surface area contributed by atoms with Crippen molar-refractivity contribution in [2.75, 3.05) is 28.2 Å². The van der Waals surface area contributed by atoms with Crippen molar-refractivity contribution in [3.8, 4) is 11.1 Å². The Balaban J connectivity index is 0.000000398. The van der Waals surface area contributed by atoms with E-state index in [-0.39, 0.29) is 16.5 Å². The fraction of sp³-hybridized carbons (Fsp3) is 0.480. The molecule has 0 aromatic heterocycles. The third kappa shape index (κ3) is 4.86. The fourth-order valence-electron chi connectivity index (χ4n) is 4.88. The predicted molar refractivity (Wildman–Crippen MR) is 136 cm³/mol. The Hall–Kier alpha value is -1.66. The van der Waals surface area contributed by atoms with E-state index in [1.165, 1.54) is 42.8 Å². The average Bonchev–Trinajstić information content (AvgIpc) is 2.89. The summed E-state index contributed by atoms with van der Waals surface area (Å²) in [5.74, 6) is -0.995. The first kappa shape index (κ1) is 25.4. The van der Waals surface area contributed by atoms with Crippen molar-refractivity contribution in [1.82, 2.24) is 4.31 Å². The topological polar surface area (TPSA) is 81.2 Å². The second kappa shape index (κ2) is 10.1. The van der Waals surface area contributed by atoms with Gasteiger partial charge in [0.15, 0.2) is 0 Å². The summed E-state index contributed by atoms with van der Waals surface area (Å²) in [6.45, 7) is 3.21. The van der Waals surface area contributed by atoms with Crippen LogP contribution in [0.4, 0.5) is 11.4 Å². The molecule has 2 aromatic rings. The SMILES string of the molecule is C1CCCCC1.C[C@@H]1C[N]([Pb])c2cc3c(cc2S(=O)(=O)N1C)-c1cc(C(=O)O)ccc1CN3C. The minimum atomic E-state index is -3.64. The van der Waals surface area contributed by atoms with Crippen molar-refractivity contribution in [2.24, 2.45) is 0 Å². The molecule has 3 aliphatic rings. The number of anilines is 2. The van der Waals surface area contributed by atoms with Gasteiger partial charge in [-0.15, -0.1) is 0 Å². The second-order valence-electron chi connectivity index (χ2n) is 9.47. The van der Waals surface area contributed by atoms with Crippen molar-refractivity contribution in [1.29, 1.82) is 0 Å². The van der Waals surface area contributed by atoms with Crippen LogP contribution in [0.15, 0.2) is 35.2 Å². The maximum absolute atomic E-state index is 13.2. The molecule has 9 heteroatoms. The Morgan fingerprint density at radius 2 is 1.59 bits per heavy atom. The third-order valence-corrected chi connectivity index (χ3v) is 10.7. The molecule has 0 unspecified atom stereocenters. The summed E-state index contributed by atoms with van der Waals surface area (Å²) in [4.78, 5) is 13.8. The van der Waals surface area contributed by atoms with E-state index in [1.54, 1.807) is 25.2 Å². The van der Waals surface area contributed by atoms with Crippen LogP contribution in [0.3, 0.4) is 0 Å². The molecule has 0 bridgehead atoms. The van der Waals surface area contributed by atoms with E-state index in [0.29, 0.717) is 39.2 Å². The molecule has 0 spiro atoms. The van der Waals surface area contributed by atoms with Gasteiger partial charge in [0.1, 0.15) is 0 Å². The number of carboxylic acid groups (broad SMARTS) is 1. The number of likely N-dealkylation sites (N-methyl/N-ethyl adjacent to an activating group) is 1. The molecule has 181 valence electrons. The Morgan fingerprint density at radius 3 is 2.18 bits per heavy atom. The number of sulfonamides is 1. The number of aromatic carboxylic acids is 1. The number of benzene rings is 2. The summed E-state index contributed by atoms with van der Waals surface area (Å²) in [5.41, 5.74) is 4.36. The van der Waals surface area contributed by atoms with Gasteiger partial charge in [-0.3, -0.25) is 0 Å². The molecule has 1 atom stereocenters. The predicted octanol–water partition coefficient (Wildman–Crippen LogP) is 4.25. The molecule has 5 rings (SSSR count). The molecule has 2 aliphatic heterocycles. The van der Waals surface area contributed by atoms with Crippen LogP contribution in [0.5, 0.6) is 0 Å². The average molecular weight is 678 g/mol. The van der Waals surface area contributed by atoms with E-state index in [2.05, 4.69) is 7.61 Å². The summed E-state index contributed by atoms with van der Waals surface area (Å²) in [6.07, 6.45) is 9.00. The van der Waals surface area contributed by atoms with E-state index in [0.717, 1.165) is 28.1 Å². The van der Waals surface area contributed by atoms with Crippen molar-refractivity contribution in [3.63, 3.8) is 0 Å². The summed E-state index contributed by atoms with van der Waals surface area (Å²) < 4.78 is 30.0. The van der Waals surface area contributed by atoms with E-state index in [9.17, 15) is 18.3 Å². The van der Waals surface area contributed by atoms with Gasteiger partial charge in [0.2, 0.25) is 0 Å². The number of nitrogens with zero attached hydrogens (tertiary/aromatic N) is 3. The quantitative estimate of drug-likeness (QED) is 0.455. The van der Waals surface area contributed by atoms with Gasteiger partial charge < -0.3 is 0 Å². The van der Waals surface area contributed by atoms with Crippen LogP contribution in [-0.4, -0.2) is 76.5 Å². The standard InChI is InChI=1S/C19H20N3O4S.C6H12.Pb/c1-11-9-20-16-8-17-15(7-18(16)27(25,26)22(11)3)14-6-12(19(23)24)4-5-13(14)10-21(17)2;1-2-4-6-5-3-1;/h4-8,11H,9-10H2,1-3H3,(H,23,24);1-6H2;/q-1;;+1/t11-;;/m1../s1. The second-order valence-corrected chi connectivity index (χ2v) is 13.5. The zero-order valence-electron chi connectivity index (χ0n) is 20.0. The van der Waals surface area contributed by atoms with Crippen LogP contribution < -0.4 is 7.61 Å². The molecule has 2 heterocycles. The molecule has 0 amide bonds. The van der Waals surface area contributed by atoms with Gasteiger partial charge in [-0.1, -0.05) is 38.5 Å². The fourth-order valence-corrected chi connectivity index (χ4v) is 8.49. The maximum atomic E-state index is 13.2. The number of hydrogen-bond donors (Lipinski definition) is 1. The van der Waals surface area contributed by atoms with Crippen molar-refractivity contribution in [2.45, 2.75) is 62.9 Å². The summed E-state index contributed by atoms with van der Waals surface area (Å²) in [6, 6.07) is 8.58. The number of carbonyl (C=O) groups is 1. The van der Waals surface area contributed by atoms with E-state index >= 15 is 0 Å². The molecule has 1 fully saturated rings. The number of fused-ring (bicyclic) bond motifs is 4. The monoisotopic (exact) mass is 678 g/mol. The van der Waals surface area contributed by atoms with Crippen molar-refractivity contribution in [3.05, 3.63) is 41.5 Å². The molecular weight excluding hydrogens is 646 g/mol. The molecule has 34 heavy (non-hydrogen) atoms. The zero-order valence-corrected chi connectivity index (χ0v) is 24.7. The normalized spacial score (nSPS) is 21.4. The Bertz CT molecular complexity index is 1190. The first-order valence-electron chi connectivity index (χ1n) is 11.8. The minimum absolute atomic E-state index is 0.129. The molecule has 7 nitrogen and oxygen atoms in total. The Labute approximate surface area is 218 Å². The van der Waals surface area contributed by atoms with Crippen LogP contribution >= 0.6 is 0 Å². The molecule has 1 aliphatic carbocycles. The van der Waals surface area contributed by atoms with Gasteiger partial charge in [0.25, 0.3) is 0 Å². The molecule has 1 saturated carbocycles. The number of carboxylic acids is 1. The van der Waals surface area contributed by atoms with Crippen molar-refractivity contribution < 1.29 is 18.3 Å². The van der Waals surface area contributed by atoms with Gasteiger partial charge in [0.05, 0.1) is 0 Å². The molecule has 1 N–H and O–H groups in total. The zero-order chi connectivity index (χ0) is 24.6. The van der Waals surface area contributed by atoms with Gasteiger partial charge in [-0.2, -0.15) is 0 Å². The molecule has 3 radical (unpaired) electrons. The Kier molecular flexibility index (Phi) is 7.59. The number of rotatable bonds is 1. The van der Waals surface area contributed by atoms with Gasteiger partial charge in [-0.05, 0) is 0 Å². The Morgan fingerprint density at radius 1 is 0.971 bits per heavy atom. The van der Waals surface area contributed by atoms with Gasteiger partial charge in [0, 0.05) is 0 Å². The van der Waals surface area contributed by atoms with Crippen LogP contribution in [0.2, 0.25) is 0 Å². The summed E-state index contributed by atoms with van der Waals surface area (Å²) >= 11 is 0.703. The van der Waals surface area contributed by atoms with Crippen LogP contribution in [-0.2, 0) is 16.6 Å². The van der Waals surface area contributed by atoms with Crippen LogP contribution in [0.25, 0.3) is 11.1 Å². The molecule has 2 aromatic carbocycles. The van der Waals surface area contributed by atoms with Gasteiger partial charge in [-0.25, -0.2) is 0 Å². The van der Waals surface area contributed by atoms with E-state index in [4.69, 9.17) is 0 Å². The van der Waals surface area contributed by atoms with E-state index < -0.39 is 16.0 Å². The summed E-state index contributed by atoms with van der Waals surface area (Å²) in [7, 11) is -0.0537. The third-order valence-electron chi connectivity index (χ3n) is 7.06. The molecular formula is C25H32N3O4PbS. The van der Waals surface area contributed by atoms with Crippen molar-refractivity contribution >= 4 is 53.4 Å². The van der Waals surface area contributed by atoms with Crippen LogP contribution in [0, 0.1) is 0 Å².